The fraction of sp³-hybridized carbons (Fsp3) is 0.286. The van der Waals surface area contributed by atoms with Crippen LogP contribution in [0.5, 0.6) is 0 Å². The summed E-state index contributed by atoms with van der Waals surface area (Å²) in [5.74, 6) is 0.759. The van der Waals surface area contributed by atoms with Crippen molar-refractivity contribution >= 4 is 17.5 Å². The lowest BCUT2D eigenvalue weighted by atomic mass is 10.0. The average molecular weight is 483 g/mol. The van der Waals surface area contributed by atoms with Crippen LogP contribution in [0.4, 0.5) is 5.69 Å². The van der Waals surface area contributed by atoms with Gasteiger partial charge < -0.3 is 14.4 Å². The van der Waals surface area contributed by atoms with Crippen LogP contribution in [-0.4, -0.2) is 49.1 Å². The zero-order chi connectivity index (χ0) is 25.4. The first-order valence-corrected chi connectivity index (χ1v) is 12.2. The van der Waals surface area contributed by atoms with E-state index in [-0.39, 0.29) is 11.8 Å². The number of carbonyl (C=O) groups is 2. The van der Waals surface area contributed by atoms with Crippen molar-refractivity contribution in [1.29, 1.82) is 0 Å². The number of fused-ring (bicyclic) bond motifs is 1. The summed E-state index contributed by atoms with van der Waals surface area (Å²) in [5, 5.41) is 4.70. The number of benzene rings is 2. The SMILES string of the molecule is CCN(Cc1nccn1-c1ccc(N2CCc3c(C)nn(-c4ccc(C)cc4)c3C2=O)cc1)C(C)=O. The highest BCUT2D eigenvalue weighted by molar-refractivity contribution is 6.07. The van der Waals surface area contributed by atoms with Crippen molar-refractivity contribution in [2.45, 2.75) is 40.7 Å². The quantitative estimate of drug-likeness (QED) is 0.412. The number of hydrogen-bond donors (Lipinski definition) is 0. The van der Waals surface area contributed by atoms with Crippen LogP contribution in [0.1, 0.15) is 47.0 Å². The van der Waals surface area contributed by atoms with Crippen molar-refractivity contribution in [3.05, 3.63) is 89.3 Å². The van der Waals surface area contributed by atoms with Gasteiger partial charge in [-0.25, -0.2) is 9.67 Å². The first-order valence-electron chi connectivity index (χ1n) is 12.2. The summed E-state index contributed by atoms with van der Waals surface area (Å²) in [5.41, 5.74) is 6.35. The van der Waals surface area contributed by atoms with E-state index in [0.717, 1.165) is 46.1 Å². The summed E-state index contributed by atoms with van der Waals surface area (Å²) < 4.78 is 3.75. The van der Waals surface area contributed by atoms with Gasteiger partial charge >= 0.3 is 0 Å². The maximum atomic E-state index is 13.7. The van der Waals surface area contributed by atoms with Crippen LogP contribution < -0.4 is 4.90 Å². The number of amides is 2. The molecule has 2 aromatic carbocycles. The lowest BCUT2D eigenvalue weighted by molar-refractivity contribution is -0.129. The normalized spacial score (nSPS) is 13.1. The number of nitrogens with zero attached hydrogens (tertiary/aromatic N) is 6. The average Bonchev–Trinajstić information content (AvgIpc) is 3.48. The lowest BCUT2D eigenvalue weighted by Crippen LogP contribution is -2.38. The molecule has 5 rings (SSSR count). The molecule has 2 aromatic heterocycles. The van der Waals surface area contributed by atoms with Crippen LogP contribution >= 0.6 is 0 Å². The van der Waals surface area contributed by atoms with E-state index in [4.69, 9.17) is 5.10 Å². The smallest absolute Gasteiger partial charge is 0.277 e. The van der Waals surface area contributed by atoms with Crippen molar-refractivity contribution in [2.75, 3.05) is 18.0 Å². The molecular weight excluding hydrogens is 452 g/mol. The number of imidazole rings is 1. The minimum Gasteiger partial charge on any atom is -0.336 e. The minimum absolute atomic E-state index is 0.0190. The molecule has 0 fully saturated rings. The van der Waals surface area contributed by atoms with Gasteiger partial charge in [0.05, 0.1) is 17.9 Å². The van der Waals surface area contributed by atoms with Crippen LogP contribution in [0.15, 0.2) is 60.9 Å². The van der Waals surface area contributed by atoms with E-state index in [2.05, 4.69) is 4.98 Å². The third-order valence-electron chi connectivity index (χ3n) is 6.81. The van der Waals surface area contributed by atoms with Crippen molar-refractivity contribution in [3.8, 4) is 11.4 Å². The highest BCUT2D eigenvalue weighted by Gasteiger charge is 2.32. The molecule has 0 aliphatic carbocycles. The fourth-order valence-corrected chi connectivity index (χ4v) is 4.75. The van der Waals surface area contributed by atoms with Gasteiger partial charge in [0.15, 0.2) is 0 Å². The molecular formula is C28H30N6O2. The van der Waals surface area contributed by atoms with E-state index in [1.165, 1.54) is 0 Å². The number of aromatic nitrogens is 4. The largest absolute Gasteiger partial charge is 0.336 e. The third kappa shape index (κ3) is 4.19. The second-order valence-corrected chi connectivity index (χ2v) is 9.13. The Morgan fingerprint density at radius 1 is 1.00 bits per heavy atom. The first-order chi connectivity index (χ1) is 17.4. The molecule has 8 heteroatoms. The number of rotatable bonds is 6. The number of anilines is 1. The Hall–Kier alpha value is -4.20. The van der Waals surface area contributed by atoms with Crippen molar-refractivity contribution in [2.24, 2.45) is 0 Å². The van der Waals surface area contributed by atoms with Crippen LogP contribution in [0.25, 0.3) is 11.4 Å². The summed E-state index contributed by atoms with van der Waals surface area (Å²) in [7, 11) is 0. The molecule has 0 bridgehead atoms. The molecule has 0 N–H and O–H groups in total. The molecule has 0 radical (unpaired) electrons. The molecule has 36 heavy (non-hydrogen) atoms. The maximum Gasteiger partial charge on any atom is 0.277 e. The number of hydrogen-bond acceptors (Lipinski definition) is 4. The van der Waals surface area contributed by atoms with Crippen LogP contribution in [0.2, 0.25) is 0 Å². The summed E-state index contributed by atoms with van der Waals surface area (Å²) in [4.78, 5) is 33.6. The van der Waals surface area contributed by atoms with E-state index in [0.29, 0.717) is 25.3 Å². The topological polar surface area (TPSA) is 76.3 Å². The summed E-state index contributed by atoms with van der Waals surface area (Å²) >= 11 is 0. The Morgan fingerprint density at radius 3 is 2.33 bits per heavy atom. The molecule has 4 aromatic rings. The van der Waals surface area contributed by atoms with Crippen LogP contribution in [0.3, 0.4) is 0 Å². The molecule has 1 aliphatic rings. The monoisotopic (exact) mass is 482 g/mol. The molecule has 0 atom stereocenters. The molecule has 1 aliphatic heterocycles. The van der Waals surface area contributed by atoms with E-state index >= 15 is 0 Å². The van der Waals surface area contributed by atoms with Crippen molar-refractivity contribution < 1.29 is 9.59 Å². The van der Waals surface area contributed by atoms with Gasteiger partial charge in [-0.05, 0) is 63.6 Å². The molecule has 8 nitrogen and oxygen atoms in total. The van der Waals surface area contributed by atoms with E-state index in [1.807, 2.05) is 85.0 Å². The summed E-state index contributed by atoms with van der Waals surface area (Å²) in [6.07, 6.45) is 4.38. The Morgan fingerprint density at radius 2 is 1.67 bits per heavy atom. The Labute approximate surface area is 210 Å². The highest BCUT2D eigenvalue weighted by atomic mass is 16.2. The van der Waals surface area contributed by atoms with E-state index in [9.17, 15) is 9.59 Å². The molecule has 0 saturated carbocycles. The van der Waals surface area contributed by atoms with Crippen LogP contribution in [0, 0.1) is 13.8 Å². The van der Waals surface area contributed by atoms with Gasteiger partial charge in [-0.15, -0.1) is 0 Å². The molecule has 0 saturated heterocycles. The second kappa shape index (κ2) is 9.45. The van der Waals surface area contributed by atoms with Gasteiger partial charge in [-0.3, -0.25) is 9.59 Å². The van der Waals surface area contributed by atoms with Gasteiger partial charge in [0, 0.05) is 49.3 Å². The van der Waals surface area contributed by atoms with Crippen LogP contribution in [-0.2, 0) is 17.8 Å². The third-order valence-corrected chi connectivity index (χ3v) is 6.81. The first kappa shape index (κ1) is 23.5. The van der Waals surface area contributed by atoms with Gasteiger partial charge in [0.25, 0.3) is 5.91 Å². The number of carbonyl (C=O) groups excluding carboxylic acids is 2. The summed E-state index contributed by atoms with van der Waals surface area (Å²) in [6, 6.07) is 15.9. The standard InChI is InChI=1S/C28H30N6O2/c1-5-31(21(4)35)18-26-29-15-17-32(26)22-10-12-23(13-11-22)33-16-14-25-20(3)30-34(27(25)28(33)36)24-8-6-19(2)7-9-24/h6-13,15,17H,5,14,16,18H2,1-4H3. The minimum atomic E-state index is -0.0476. The zero-order valence-electron chi connectivity index (χ0n) is 21.1. The fourth-order valence-electron chi connectivity index (χ4n) is 4.75. The highest BCUT2D eigenvalue weighted by Crippen LogP contribution is 2.29. The lowest BCUT2D eigenvalue weighted by Gasteiger charge is -2.28. The van der Waals surface area contributed by atoms with Gasteiger partial charge in [-0.1, -0.05) is 17.7 Å². The van der Waals surface area contributed by atoms with Gasteiger partial charge in [0.2, 0.25) is 5.91 Å². The van der Waals surface area contributed by atoms with E-state index < -0.39 is 0 Å². The molecule has 0 unspecified atom stereocenters. The molecule has 184 valence electrons. The maximum absolute atomic E-state index is 13.7. The molecule has 2 amide bonds. The summed E-state index contributed by atoms with van der Waals surface area (Å²) in [6.45, 7) is 9.20. The van der Waals surface area contributed by atoms with E-state index in [1.54, 1.807) is 22.7 Å². The Bertz CT molecular complexity index is 1420. The van der Waals surface area contributed by atoms with Crippen molar-refractivity contribution in [1.82, 2.24) is 24.2 Å². The number of aryl methyl sites for hydroxylation is 2. The molecule has 3 heterocycles. The predicted octanol–water partition coefficient (Wildman–Crippen LogP) is 4.25. The predicted molar refractivity (Wildman–Crippen MR) is 139 cm³/mol. The Balaban J connectivity index is 1.42. The van der Waals surface area contributed by atoms with Crippen molar-refractivity contribution in [3.63, 3.8) is 0 Å². The van der Waals surface area contributed by atoms with Gasteiger partial charge in [-0.2, -0.15) is 5.10 Å². The molecule has 0 spiro atoms. The zero-order valence-corrected chi connectivity index (χ0v) is 21.1. The van der Waals surface area contributed by atoms with Gasteiger partial charge in [0.1, 0.15) is 11.5 Å². The Kier molecular flexibility index (Phi) is 6.18. The second-order valence-electron chi connectivity index (χ2n) is 9.13.